The summed E-state index contributed by atoms with van der Waals surface area (Å²) in [6.07, 6.45) is 5.35. The standard InChI is InChI=1S/C13H19NO3/c1-9-11(7-12(17-9)13(15)16)8-14-6-5-10-3-2-4-10/h7,10,14H,2-6,8H2,1H3,(H,15,16). The van der Waals surface area contributed by atoms with Gasteiger partial charge in [0.1, 0.15) is 5.76 Å². The van der Waals surface area contributed by atoms with Gasteiger partial charge in [0.2, 0.25) is 5.76 Å². The fraction of sp³-hybridized carbons (Fsp3) is 0.615. The number of carboxylic acids is 1. The molecule has 0 aromatic carbocycles. The lowest BCUT2D eigenvalue weighted by molar-refractivity contribution is 0.0661. The number of hydrogen-bond acceptors (Lipinski definition) is 3. The van der Waals surface area contributed by atoms with E-state index in [1.807, 2.05) is 0 Å². The molecule has 0 saturated heterocycles. The normalized spacial score (nSPS) is 15.8. The van der Waals surface area contributed by atoms with E-state index in [9.17, 15) is 4.79 Å². The Hall–Kier alpha value is -1.29. The number of rotatable bonds is 6. The van der Waals surface area contributed by atoms with Gasteiger partial charge in [0.05, 0.1) is 0 Å². The van der Waals surface area contributed by atoms with Gasteiger partial charge in [-0.05, 0) is 31.9 Å². The minimum atomic E-state index is -1.01. The Balaban J connectivity index is 1.75. The van der Waals surface area contributed by atoms with Gasteiger partial charge in [0.25, 0.3) is 0 Å². The van der Waals surface area contributed by atoms with Crippen molar-refractivity contribution in [3.63, 3.8) is 0 Å². The van der Waals surface area contributed by atoms with Gasteiger partial charge >= 0.3 is 5.97 Å². The number of nitrogens with one attached hydrogen (secondary N) is 1. The largest absolute Gasteiger partial charge is 0.475 e. The van der Waals surface area contributed by atoms with Gasteiger partial charge in [-0.3, -0.25) is 0 Å². The number of aryl methyl sites for hydroxylation is 1. The van der Waals surface area contributed by atoms with E-state index < -0.39 is 5.97 Å². The van der Waals surface area contributed by atoms with E-state index in [1.165, 1.54) is 25.7 Å². The van der Waals surface area contributed by atoms with E-state index in [1.54, 1.807) is 13.0 Å². The molecule has 1 saturated carbocycles. The molecule has 1 aliphatic carbocycles. The number of hydrogen-bond donors (Lipinski definition) is 2. The fourth-order valence-electron chi connectivity index (χ4n) is 2.11. The summed E-state index contributed by atoms with van der Waals surface area (Å²) < 4.78 is 5.15. The van der Waals surface area contributed by atoms with Gasteiger partial charge in [0, 0.05) is 12.1 Å². The van der Waals surface area contributed by atoms with Crippen LogP contribution in [0.4, 0.5) is 0 Å². The third-order valence-corrected chi connectivity index (χ3v) is 3.50. The Morgan fingerprint density at radius 1 is 1.59 bits per heavy atom. The number of furan rings is 1. The zero-order valence-electron chi connectivity index (χ0n) is 10.2. The molecule has 0 spiro atoms. The number of carboxylic acid groups (broad SMARTS) is 1. The molecule has 4 nitrogen and oxygen atoms in total. The maximum atomic E-state index is 10.7. The first kappa shape index (κ1) is 12.2. The van der Waals surface area contributed by atoms with Gasteiger partial charge in [0.15, 0.2) is 0 Å². The molecule has 1 aliphatic rings. The lowest BCUT2D eigenvalue weighted by Gasteiger charge is -2.25. The summed E-state index contributed by atoms with van der Waals surface area (Å²) in [7, 11) is 0. The predicted molar refractivity (Wildman–Crippen MR) is 64.1 cm³/mol. The maximum Gasteiger partial charge on any atom is 0.371 e. The highest BCUT2D eigenvalue weighted by Gasteiger charge is 2.16. The Kier molecular flexibility index (Phi) is 3.84. The minimum Gasteiger partial charge on any atom is -0.475 e. The highest BCUT2D eigenvalue weighted by Crippen LogP contribution is 2.28. The van der Waals surface area contributed by atoms with Gasteiger partial charge in [-0.1, -0.05) is 19.3 Å². The summed E-state index contributed by atoms with van der Waals surface area (Å²) >= 11 is 0. The lowest BCUT2D eigenvalue weighted by atomic mass is 9.83. The molecule has 1 fully saturated rings. The van der Waals surface area contributed by atoms with E-state index in [-0.39, 0.29) is 5.76 Å². The first-order valence-corrected chi connectivity index (χ1v) is 6.20. The molecule has 94 valence electrons. The van der Waals surface area contributed by atoms with Gasteiger partial charge in [-0.25, -0.2) is 4.79 Å². The van der Waals surface area contributed by atoms with E-state index in [0.717, 1.165) is 18.0 Å². The average molecular weight is 237 g/mol. The fourth-order valence-corrected chi connectivity index (χ4v) is 2.11. The Morgan fingerprint density at radius 3 is 2.88 bits per heavy atom. The molecule has 0 atom stereocenters. The van der Waals surface area contributed by atoms with Crippen molar-refractivity contribution in [3.05, 3.63) is 23.2 Å². The number of carbonyl (C=O) groups is 1. The van der Waals surface area contributed by atoms with Crippen LogP contribution < -0.4 is 5.32 Å². The molecule has 1 aromatic rings. The molecule has 2 rings (SSSR count). The highest BCUT2D eigenvalue weighted by atomic mass is 16.4. The van der Waals surface area contributed by atoms with Crippen LogP contribution in [0.3, 0.4) is 0 Å². The zero-order valence-corrected chi connectivity index (χ0v) is 10.2. The van der Waals surface area contributed by atoms with Gasteiger partial charge < -0.3 is 14.8 Å². The van der Waals surface area contributed by atoms with Crippen LogP contribution in [0.15, 0.2) is 10.5 Å². The van der Waals surface area contributed by atoms with Crippen molar-refractivity contribution in [2.45, 2.75) is 39.2 Å². The molecule has 0 radical (unpaired) electrons. The van der Waals surface area contributed by atoms with Crippen molar-refractivity contribution in [1.82, 2.24) is 5.32 Å². The van der Waals surface area contributed by atoms with Crippen LogP contribution in [-0.4, -0.2) is 17.6 Å². The van der Waals surface area contributed by atoms with Crippen LogP contribution in [0.25, 0.3) is 0 Å². The van der Waals surface area contributed by atoms with E-state index >= 15 is 0 Å². The molecular weight excluding hydrogens is 218 g/mol. The van der Waals surface area contributed by atoms with E-state index in [0.29, 0.717) is 12.3 Å². The van der Waals surface area contributed by atoms with E-state index in [4.69, 9.17) is 9.52 Å². The average Bonchev–Trinajstić information content (AvgIpc) is 2.57. The third-order valence-electron chi connectivity index (χ3n) is 3.50. The van der Waals surface area contributed by atoms with Crippen molar-refractivity contribution < 1.29 is 14.3 Å². The third kappa shape index (κ3) is 3.09. The monoisotopic (exact) mass is 237 g/mol. The van der Waals surface area contributed by atoms with Gasteiger partial charge in [-0.2, -0.15) is 0 Å². The molecule has 0 aliphatic heterocycles. The Morgan fingerprint density at radius 2 is 2.35 bits per heavy atom. The summed E-state index contributed by atoms with van der Waals surface area (Å²) in [5.41, 5.74) is 0.941. The zero-order chi connectivity index (χ0) is 12.3. The van der Waals surface area contributed by atoms with Crippen molar-refractivity contribution in [2.75, 3.05) is 6.54 Å². The SMILES string of the molecule is Cc1oc(C(=O)O)cc1CNCCC1CCC1. The topological polar surface area (TPSA) is 62.5 Å². The second kappa shape index (κ2) is 5.36. The molecule has 2 N–H and O–H groups in total. The lowest BCUT2D eigenvalue weighted by Crippen LogP contribution is -2.21. The minimum absolute atomic E-state index is 0.0262. The summed E-state index contributed by atoms with van der Waals surface area (Å²) in [5.74, 6) is 0.619. The molecule has 1 heterocycles. The van der Waals surface area contributed by atoms with Crippen LogP contribution in [0.2, 0.25) is 0 Å². The second-order valence-corrected chi connectivity index (χ2v) is 4.76. The molecule has 0 amide bonds. The first-order chi connectivity index (χ1) is 8.16. The van der Waals surface area contributed by atoms with Crippen LogP contribution >= 0.6 is 0 Å². The van der Waals surface area contributed by atoms with Crippen molar-refractivity contribution in [1.29, 1.82) is 0 Å². The van der Waals surface area contributed by atoms with Crippen molar-refractivity contribution in [3.8, 4) is 0 Å². The summed E-state index contributed by atoms with van der Waals surface area (Å²) in [4.78, 5) is 10.7. The van der Waals surface area contributed by atoms with Crippen LogP contribution in [-0.2, 0) is 6.54 Å². The highest BCUT2D eigenvalue weighted by molar-refractivity contribution is 5.84. The molecule has 17 heavy (non-hydrogen) atoms. The second-order valence-electron chi connectivity index (χ2n) is 4.76. The molecular formula is C13H19NO3. The predicted octanol–water partition coefficient (Wildman–Crippen LogP) is 2.57. The maximum absolute atomic E-state index is 10.7. The number of aromatic carboxylic acids is 1. The smallest absolute Gasteiger partial charge is 0.371 e. The molecule has 0 bridgehead atoms. The van der Waals surface area contributed by atoms with Gasteiger partial charge in [-0.15, -0.1) is 0 Å². The quantitative estimate of drug-likeness (QED) is 0.746. The van der Waals surface area contributed by atoms with Crippen molar-refractivity contribution in [2.24, 2.45) is 5.92 Å². The van der Waals surface area contributed by atoms with Crippen LogP contribution in [0.5, 0.6) is 0 Å². The van der Waals surface area contributed by atoms with Crippen molar-refractivity contribution >= 4 is 5.97 Å². The summed E-state index contributed by atoms with van der Waals surface area (Å²) in [6.45, 7) is 3.49. The Bertz CT molecular complexity index is 393. The van der Waals surface area contributed by atoms with Crippen LogP contribution in [0, 0.1) is 12.8 Å². The molecule has 1 aromatic heterocycles. The van der Waals surface area contributed by atoms with Crippen LogP contribution in [0.1, 0.15) is 47.6 Å². The Labute approximate surface area is 101 Å². The first-order valence-electron chi connectivity index (χ1n) is 6.20. The summed E-state index contributed by atoms with van der Waals surface area (Å²) in [6, 6.07) is 1.61. The summed E-state index contributed by atoms with van der Waals surface area (Å²) in [5, 5.41) is 12.1. The molecule has 4 heteroatoms. The molecule has 0 unspecified atom stereocenters. The van der Waals surface area contributed by atoms with E-state index in [2.05, 4.69) is 5.32 Å².